The average Bonchev–Trinajstić information content (AvgIpc) is 1.61. The van der Waals surface area contributed by atoms with Crippen LogP contribution >= 0.6 is 0 Å². The minimum absolute atomic E-state index is 0.480. The molecule has 4 N–H and O–H groups in total. The molecule has 0 aromatic carbocycles. The molecule has 0 aromatic rings. The molecular formula is C2H10N2OSi. The van der Waals surface area contributed by atoms with Gasteiger partial charge in [-0.3, -0.25) is 0 Å². The first kappa shape index (κ1) is 6.10. The summed E-state index contributed by atoms with van der Waals surface area (Å²) in [5.41, 5.74) is 5.01. The van der Waals surface area contributed by atoms with Crippen LogP contribution in [0.4, 0.5) is 0 Å². The molecule has 0 heterocycles. The third kappa shape index (κ3) is 4.10. The van der Waals surface area contributed by atoms with E-state index >= 15 is 0 Å². The smallest absolute Gasteiger partial charge is 0.170 e. The van der Waals surface area contributed by atoms with Crippen LogP contribution in [0.25, 0.3) is 0 Å². The molecule has 0 aliphatic heterocycles. The quantitative estimate of drug-likeness (QED) is 0.212. The van der Waals surface area contributed by atoms with Crippen LogP contribution in [0.15, 0.2) is 0 Å². The Hall–Kier alpha value is 0.0969. The molecule has 0 saturated heterocycles. The van der Waals surface area contributed by atoms with Gasteiger partial charge < -0.3 is 15.8 Å². The van der Waals surface area contributed by atoms with Crippen molar-refractivity contribution in [1.82, 2.24) is 5.32 Å². The van der Waals surface area contributed by atoms with Crippen molar-refractivity contribution in [3.8, 4) is 0 Å². The fraction of sp³-hybridized carbons (Fsp3) is 1.00. The van der Waals surface area contributed by atoms with Crippen molar-refractivity contribution < 1.29 is 4.80 Å². The lowest BCUT2D eigenvalue weighted by Crippen LogP contribution is -2.26. The highest BCUT2D eigenvalue weighted by Crippen LogP contribution is 1.41. The highest BCUT2D eigenvalue weighted by molar-refractivity contribution is 6.25. The summed E-state index contributed by atoms with van der Waals surface area (Å²) in [7, 11) is -0.788. The molecule has 0 amide bonds. The highest BCUT2D eigenvalue weighted by Gasteiger charge is 1.74. The van der Waals surface area contributed by atoms with Gasteiger partial charge in [-0.2, -0.15) is 0 Å². The maximum Gasteiger partial charge on any atom is 0.170 e. The Balaban J connectivity index is 2.34. The molecule has 38 valence electrons. The molecule has 0 atom stereocenters. The summed E-state index contributed by atoms with van der Waals surface area (Å²) in [6.45, 7) is 0.480. The maximum absolute atomic E-state index is 8.22. The van der Waals surface area contributed by atoms with Crippen molar-refractivity contribution >= 4 is 9.76 Å². The van der Waals surface area contributed by atoms with Gasteiger partial charge in [-0.1, -0.05) is 0 Å². The first-order valence-corrected chi connectivity index (χ1v) is 3.56. The van der Waals surface area contributed by atoms with Gasteiger partial charge in [0.1, 0.15) is 0 Å². The van der Waals surface area contributed by atoms with Crippen molar-refractivity contribution in [2.75, 3.05) is 12.8 Å². The molecule has 0 saturated carbocycles. The summed E-state index contributed by atoms with van der Waals surface area (Å²) >= 11 is 0. The third-order valence-corrected chi connectivity index (χ3v) is 1.01. The second-order valence-corrected chi connectivity index (χ2v) is 1.87. The Kier molecular flexibility index (Phi) is 5.18. The summed E-state index contributed by atoms with van der Waals surface area (Å²) in [6.07, 6.45) is 0.733. The van der Waals surface area contributed by atoms with Crippen LogP contribution in [0.5, 0.6) is 0 Å². The summed E-state index contributed by atoms with van der Waals surface area (Å²) < 4.78 is 0. The average molecular weight is 106 g/mol. The van der Waals surface area contributed by atoms with E-state index in [1.807, 2.05) is 0 Å². The van der Waals surface area contributed by atoms with Gasteiger partial charge in [0.2, 0.25) is 0 Å². The summed E-state index contributed by atoms with van der Waals surface area (Å²) in [6, 6.07) is 0. The first-order chi connectivity index (χ1) is 2.91. The lowest BCUT2D eigenvalue weighted by Gasteiger charge is -1.90. The fourth-order valence-corrected chi connectivity index (χ4v) is 0.543. The predicted molar refractivity (Wildman–Crippen MR) is 27.8 cm³/mol. The van der Waals surface area contributed by atoms with Crippen molar-refractivity contribution in [3.05, 3.63) is 0 Å². The molecule has 4 heteroatoms. The largest absolute Gasteiger partial charge is 0.437 e. The fourth-order valence-electron chi connectivity index (χ4n) is 0.181. The minimum atomic E-state index is -0.788. The Morgan fingerprint density at radius 1 is 1.83 bits per heavy atom. The lowest BCUT2D eigenvalue weighted by atomic mass is 11.1. The molecule has 0 bridgehead atoms. The van der Waals surface area contributed by atoms with E-state index in [0.717, 1.165) is 6.17 Å². The number of hydrogen-bond acceptors (Lipinski definition) is 3. The van der Waals surface area contributed by atoms with E-state index in [4.69, 9.17) is 10.5 Å². The van der Waals surface area contributed by atoms with Gasteiger partial charge in [0.15, 0.2) is 9.76 Å². The third-order valence-electron chi connectivity index (χ3n) is 0.433. The second kappa shape index (κ2) is 5.10. The predicted octanol–water partition coefficient (Wildman–Crippen LogP) is -2.47. The van der Waals surface area contributed by atoms with Crippen LogP contribution in [-0.4, -0.2) is 27.4 Å². The molecule has 0 spiro atoms. The van der Waals surface area contributed by atoms with Gasteiger partial charge in [0, 0.05) is 12.8 Å². The van der Waals surface area contributed by atoms with Gasteiger partial charge >= 0.3 is 0 Å². The molecule has 0 aromatic heterocycles. The Bertz CT molecular complexity index is 23.5. The molecule has 0 unspecified atom stereocenters. The van der Waals surface area contributed by atoms with Crippen LogP contribution in [-0.2, 0) is 0 Å². The maximum atomic E-state index is 8.22. The molecule has 3 nitrogen and oxygen atoms in total. The van der Waals surface area contributed by atoms with Crippen molar-refractivity contribution in [1.29, 1.82) is 0 Å². The minimum Gasteiger partial charge on any atom is -0.437 e. The Morgan fingerprint density at radius 3 is 2.67 bits per heavy atom. The van der Waals surface area contributed by atoms with Crippen LogP contribution in [0.3, 0.4) is 0 Å². The van der Waals surface area contributed by atoms with Crippen LogP contribution in [0.2, 0.25) is 0 Å². The van der Waals surface area contributed by atoms with E-state index in [9.17, 15) is 0 Å². The molecule has 0 fully saturated rings. The van der Waals surface area contributed by atoms with Crippen molar-refractivity contribution in [2.45, 2.75) is 0 Å². The van der Waals surface area contributed by atoms with Gasteiger partial charge in [-0.05, 0) is 0 Å². The van der Waals surface area contributed by atoms with E-state index in [1.54, 1.807) is 0 Å². The van der Waals surface area contributed by atoms with Crippen LogP contribution < -0.4 is 11.1 Å². The zero-order valence-electron chi connectivity index (χ0n) is 3.65. The van der Waals surface area contributed by atoms with Gasteiger partial charge in [-0.15, -0.1) is 0 Å². The second-order valence-electron chi connectivity index (χ2n) is 0.928. The Labute approximate surface area is 39.5 Å². The first-order valence-electron chi connectivity index (χ1n) is 1.93. The Morgan fingerprint density at radius 2 is 2.50 bits per heavy atom. The van der Waals surface area contributed by atoms with E-state index in [-0.39, 0.29) is 0 Å². The molecular weight excluding hydrogens is 96.1 g/mol. The van der Waals surface area contributed by atoms with Crippen LogP contribution in [0.1, 0.15) is 0 Å². The molecule has 0 rings (SSSR count). The van der Waals surface area contributed by atoms with Crippen molar-refractivity contribution in [3.63, 3.8) is 0 Å². The number of rotatable bonds is 3. The van der Waals surface area contributed by atoms with E-state index in [1.165, 1.54) is 0 Å². The van der Waals surface area contributed by atoms with Crippen molar-refractivity contribution in [2.24, 2.45) is 5.73 Å². The van der Waals surface area contributed by atoms with E-state index in [0.29, 0.717) is 6.67 Å². The van der Waals surface area contributed by atoms with Gasteiger partial charge in [0.25, 0.3) is 0 Å². The highest BCUT2D eigenvalue weighted by atomic mass is 28.2. The molecule has 0 aliphatic carbocycles. The monoisotopic (exact) mass is 106 g/mol. The number of nitrogens with two attached hydrogens (primary N) is 1. The lowest BCUT2D eigenvalue weighted by molar-refractivity contribution is 0.589. The van der Waals surface area contributed by atoms with Gasteiger partial charge in [0.05, 0.1) is 0 Å². The van der Waals surface area contributed by atoms with E-state index < -0.39 is 9.76 Å². The zero-order valence-corrected chi connectivity index (χ0v) is 5.06. The SMILES string of the molecule is NCNC[SiH2]O. The zero-order chi connectivity index (χ0) is 4.83. The van der Waals surface area contributed by atoms with Gasteiger partial charge in [-0.25, -0.2) is 0 Å². The molecule has 0 radical (unpaired) electrons. The van der Waals surface area contributed by atoms with Crippen LogP contribution in [0, 0.1) is 0 Å². The topological polar surface area (TPSA) is 58.3 Å². The standard InChI is InChI=1S/C2H10N2OSi/c3-1-4-2-6-5/h4-5H,1-3,6H2. The normalized spacial score (nSPS) is 11.0. The summed E-state index contributed by atoms with van der Waals surface area (Å²) in [4.78, 5) is 8.22. The summed E-state index contributed by atoms with van der Waals surface area (Å²) in [5, 5.41) is 2.79. The number of hydrogen-bond donors (Lipinski definition) is 3. The number of nitrogens with one attached hydrogen (secondary N) is 1. The van der Waals surface area contributed by atoms with E-state index in [2.05, 4.69) is 5.32 Å². The molecule has 0 aliphatic rings. The molecule has 6 heavy (non-hydrogen) atoms. The summed E-state index contributed by atoms with van der Waals surface area (Å²) in [5.74, 6) is 0.